The minimum absolute atomic E-state index is 0. The zero-order chi connectivity index (χ0) is 44.0. The molecule has 0 saturated heterocycles. The first-order valence-electron chi connectivity index (χ1n) is 18.7. The Morgan fingerprint density at radius 3 is 2.02 bits per heavy atom. The maximum atomic E-state index is 14.7. The summed E-state index contributed by atoms with van der Waals surface area (Å²) in [4.78, 5) is 35.1. The van der Waals surface area contributed by atoms with E-state index in [2.05, 4.69) is 20.0 Å². The number of H-pyrrole nitrogens is 1. The van der Waals surface area contributed by atoms with E-state index in [0.29, 0.717) is 12.0 Å². The van der Waals surface area contributed by atoms with Crippen LogP contribution in [0.1, 0.15) is 68.1 Å². The van der Waals surface area contributed by atoms with Crippen molar-refractivity contribution in [3.8, 4) is 22.6 Å². The van der Waals surface area contributed by atoms with Gasteiger partial charge in [-0.2, -0.15) is 0 Å². The molecule has 5 aromatic carbocycles. The number of carbonyl (C=O) groups is 1. The van der Waals surface area contributed by atoms with Crippen molar-refractivity contribution in [3.63, 3.8) is 0 Å². The van der Waals surface area contributed by atoms with Crippen molar-refractivity contribution in [3.05, 3.63) is 130 Å². The number of nitrogens with zero attached hydrogens (tertiary/aromatic N) is 1. The Morgan fingerprint density at radius 1 is 0.746 bits per heavy atom. The number of aromatic nitrogens is 1. The summed E-state index contributed by atoms with van der Waals surface area (Å²) in [7, 11) is -14.3. The van der Waals surface area contributed by atoms with E-state index in [1.807, 2.05) is 34.6 Å². The van der Waals surface area contributed by atoms with E-state index in [0.717, 1.165) is 12.1 Å². The van der Waals surface area contributed by atoms with Crippen LogP contribution in [0, 0.1) is 5.41 Å². The largest absolute Gasteiger partial charge is 1.00 e. The molecule has 0 saturated carbocycles. The molecule has 15 nitrogen and oxygen atoms in total. The fraction of sp³-hybridized carbons (Fsp3) is 0.186. The SMILES string of the molecule is CC(C)(C)CC(C)(C)c1ccc(Oc2cc(Nc3ccc(S(=O)(=O)[O-])cc3)c3c4c(c(C5=Nc6ccccc6S(=O)(=O)N5)c(=O)[nH]c24)-c2ccccc2C3=O)c(S(=O)(=O)[O-])c1.[Na+].[Na+]. The summed E-state index contributed by atoms with van der Waals surface area (Å²) in [5.41, 5.74) is -0.830. The summed E-state index contributed by atoms with van der Waals surface area (Å²) in [6.07, 6.45) is 0.621. The van der Waals surface area contributed by atoms with Crippen molar-refractivity contribution in [2.45, 2.75) is 61.1 Å². The fourth-order valence-electron chi connectivity index (χ4n) is 8.22. The summed E-state index contributed by atoms with van der Waals surface area (Å²) in [5.74, 6) is -1.54. The second-order valence-electron chi connectivity index (χ2n) is 16.6. The normalized spacial score (nSPS) is 14.3. The van der Waals surface area contributed by atoms with Gasteiger partial charge < -0.3 is 24.1 Å². The van der Waals surface area contributed by atoms with Gasteiger partial charge in [0.1, 0.15) is 30.9 Å². The number of aromatic amines is 1. The van der Waals surface area contributed by atoms with E-state index in [4.69, 9.17) is 4.74 Å². The third kappa shape index (κ3) is 9.22. The van der Waals surface area contributed by atoms with Crippen LogP contribution in [-0.2, 0) is 35.7 Å². The van der Waals surface area contributed by atoms with E-state index in [1.165, 1.54) is 54.6 Å². The number of para-hydroxylation sites is 1. The smallest absolute Gasteiger partial charge is 0.744 e. The number of carbonyl (C=O) groups excluding carboxylic acids is 1. The molecular formula is C43H36N4Na2O11S3. The van der Waals surface area contributed by atoms with Crippen molar-refractivity contribution < 1.29 is 103 Å². The molecule has 0 fully saturated rings. The molecule has 1 aromatic heterocycles. The van der Waals surface area contributed by atoms with Gasteiger partial charge in [0.2, 0.25) is 0 Å². The number of aliphatic imine (C=N–C) groups is 1. The number of pyridine rings is 1. The number of amidine groups is 1. The van der Waals surface area contributed by atoms with Gasteiger partial charge in [-0.15, -0.1) is 0 Å². The van der Waals surface area contributed by atoms with E-state index < -0.39 is 62.6 Å². The van der Waals surface area contributed by atoms with Crippen LogP contribution in [0.3, 0.4) is 0 Å². The van der Waals surface area contributed by atoms with Crippen molar-refractivity contribution in [1.29, 1.82) is 0 Å². The third-order valence-corrected chi connectivity index (χ3v) is 13.5. The van der Waals surface area contributed by atoms with Gasteiger partial charge in [0.05, 0.1) is 37.8 Å². The second kappa shape index (κ2) is 17.0. The van der Waals surface area contributed by atoms with E-state index >= 15 is 0 Å². The molecule has 20 heteroatoms. The first kappa shape index (κ1) is 48.3. The Balaban J connectivity index is 0.00000330. The minimum Gasteiger partial charge on any atom is -0.744 e. The quantitative estimate of drug-likeness (QED) is 0.137. The number of benzene rings is 5. The number of sulfonamides is 1. The van der Waals surface area contributed by atoms with E-state index in [1.54, 1.807) is 30.3 Å². The van der Waals surface area contributed by atoms with Gasteiger partial charge in [-0.3, -0.25) is 14.3 Å². The summed E-state index contributed by atoms with van der Waals surface area (Å²) in [6.45, 7) is 9.94. The average Bonchev–Trinajstić information content (AvgIpc) is 3.15. The number of ether oxygens (including phenoxy) is 1. The third-order valence-electron chi connectivity index (χ3n) is 10.4. The van der Waals surface area contributed by atoms with Crippen LogP contribution in [-0.4, -0.2) is 51.0 Å². The average molecular weight is 927 g/mol. The van der Waals surface area contributed by atoms with Crippen molar-refractivity contribution in [2.75, 3.05) is 5.32 Å². The first-order chi connectivity index (χ1) is 28.4. The number of nitrogens with one attached hydrogen (secondary N) is 3. The Kier molecular flexibility index (Phi) is 13.0. The van der Waals surface area contributed by atoms with Crippen LogP contribution < -0.4 is 79.4 Å². The second-order valence-corrected chi connectivity index (χ2v) is 21.0. The molecular weight excluding hydrogens is 891 g/mol. The van der Waals surface area contributed by atoms with Crippen molar-refractivity contribution >= 4 is 69.8 Å². The number of fused-ring (bicyclic) bond motifs is 3. The zero-order valence-electron chi connectivity index (χ0n) is 35.1. The summed E-state index contributed by atoms with van der Waals surface area (Å²) >= 11 is 0. The molecule has 2 aliphatic rings. The number of rotatable bonds is 9. The van der Waals surface area contributed by atoms with Gasteiger partial charge in [0.25, 0.3) is 15.6 Å². The van der Waals surface area contributed by atoms with Crippen LogP contribution in [0.25, 0.3) is 22.0 Å². The predicted molar refractivity (Wildman–Crippen MR) is 226 cm³/mol. The molecule has 0 amide bonds. The molecule has 1 aliphatic heterocycles. The van der Waals surface area contributed by atoms with Gasteiger partial charge in [0.15, 0.2) is 17.4 Å². The van der Waals surface area contributed by atoms with Gasteiger partial charge in [-0.25, -0.2) is 30.2 Å². The molecule has 6 aromatic rings. The maximum Gasteiger partial charge on any atom is 1.00 e. The Hall–Kier alpha value is -4.18. The fourth-order valence-corrected chi connectivity index (χ4v) is 10.5. The Labute approximate surface area is 407 Å². The summed E-state index contributed by atoms with van der Waals surface area (Å²) < 4.78 is 110. The molecule has 314 valence electrons. The van der Waals surface area contributed by atoms with Gasteiger partial charge in [-0.05, 0) is 76.9 Å². The van der Waals surface area contributed by atoms with Crippen molar-refractivity contribution in [1.82, 2.24) is 9.71 Å². The summed E-state index contributed by atoms with van der Waals surface area (Å²) in [6, 6.07) is 22.5. The van der Waals surface area contributed by atoms with Gasteiger partial charge >= 0.3 is 59.1 Å². The van der Waals surface area contributed by atoms with Crippen LogP contribution in [0.5, 0.6) is 11.5 Å². The van der Waals surface area contributed by atoms with Crippen LogP contribution in [0.4, 0.5) is 17.1 Å². The standard InChI is InChI=1S/C43H38N4O11S3.2Na/c1-42(2,3)22-43(4,5)23-14-19-30(33(20-23)61(55,56)57)58-31-21-29(44-24-15-17-25(18-16-24)60(52,53)54)35-36-34(26-10-6-7-11-27(26)39(35)48)37(41(49)46-38(31)36)40-45-28-12-8-9-13-32(28)59(50,51)47-40;;/h6-21,44H,22H2,1-5H3,(H,45,47)(H,46,49)(H,52,53,54)(H,55,56,57);;/q;2*+1/p-2. The summed E-state index contributed by atoms with van der Waals surface area (Å²) in [5, 5.41) is 3.10. The molecule has 63 heavy (non-hydrogen) atoms. The molecule has 0 bridgehead atoms. The van der Waals surface area contributed by atoms with Crippen LogP contribution >= 0.6 is 0 Å². The minimum atomic E-state index is -5.20. The Bertz CT molecular complexity index is 3330. The monoisotopic (exact) mass is 926 g/mol. The van der Waals surface area contributed by atoms with Crippen LogP contribution in [0.2, 0.25) is 0 Å². The molecule has 0 atom stereocenters. The van der Waals surface area contributed by atoms with Crippen LogP contribution in [0.15, 0.2) is 122 Å². The van der Waals surface area contributed by atoms with Gasteiger partial charge in [-0.1, -0.05) is 77.1 Å². The predicted octanol–water partition coefficient (Wildman–Crippen LogP) is 1.18. The van der Waals surface area contributed by atoms with E-state index in [9.17, 15) is 43.9 Å². The number of hydrogen-bond acceptors (Lipinski definition) is 13. The zero-order valence-corrected chi connectivity index (χ0v) is 41.6. The molecule has 0 spiro atoms. The Morgan fingerprint density at radius 2 is 1.38 bits per heavy atom. The van der Waals surface area contributed by atoms with Crippen molar-refractivity contribution in [2.24, 2.45) is 10.4 Å². The number of ketones is 1. The number of anilines is 2. The van der Waals surface area contributed by atoms with Gasteiger partial charge in [0, 0.05) is 28.3 Å². The van der Waals surface area contributed by atoms with E-state index in [-0.39, 0.29) is 137 Å². The molecule has 3 N–H and O–H groups in total. The maximum absolute atomic E-state index is 14.7. The topological polar surface area (TPSA) is 244 Å². The molecule has 8 rings (SSSR count). The number of hydrogen-bond donors (Lipinski definition) is 3. The molecule has 2 heterocycles. The molecule has 0 radical (unpaired) electrons. The first-order valence-corrected chi connectivity index (χ1v) is 23.0. The molecule has 0 unspecified atom stereocenters. The molecule has 1 aliphatic carbocycles.